The van der Waals surface area contributed by atoms with E-state index in [1.807, 2.05) is 0 Å². The molecular formula is C10H11Cl2NO2. The average Bonchev–Trinajstić information content (AvgIpc) is 2.19. The molecule has 1 atom stereocenters. The van der Waals surface area contributed by atoms with Crippen molar-refractivity contribution in [2.45, 2.75) is 13.0 Å². The number of carbonyl (C=O) groups is 1. The average molecular weight is 248 g/mol. The molecule has 5 heteroatoms. The Hall–Kier alpha value is -0.930. The van der Waals surface area contributed by atoms with E-state index in [9.17, 15) is 4.79 Å². The number of benzene rings is 1. The molecular weight excluding hydrogens is 237 g/mol. The zero-order chi connectivity index (χ0) is 11.6. The van der Waals surface area contributed by atoms with E-state index in [0.717, 1.165) is 5.69 Å². The van der Waals surface area contributed by atoms with Crippen LogP contribution in [0.25, 0.3) is 0 Å². The minimum absolute atomic E-state index is 0.415. The predicted molar refractivity (Wildman–Crippen MR) is 62.0 cm³/mol. The van der Waals surface area contributed by atoms with Gasteiger partial charge >= 0.3 is 5.97 Å². The van der Waals surface area contributed by atoms with E-state index >= 15 is 0 Å². The van der Waals surface area contributed by atoms with E-state index in [2.05, 4.69) is 0 Å². The second-order valence-electron chi connectivity index (χ2n) is 3.22. The third-order valence-electron chi connectivity index (χ3n) is 2.25. The van der Waals surface area contributed by atoms with Crippen LogP contribution in [0, 0.1) is 0 Å². The van der Waals surface area contributed by atoms with Crippen molar-refractivity contribution in [1.82, 2.24) is 0 Å². The van der Waals surface area contributed by atoms with E-state index in [-0.39, 0.29) is 0 Å². The number of nitrogens with zero attached hydrogens (tertiary/aromatic N) is 1. The molecule has 0 unspecified atom stereocenters. The summed E-state index contributed by atoms with van der Waals surface area (Å²) in [6, 6.07) is 4.41. The first kappa shape index (κ1) is 12.1. The van der Waals surface area contributed by atoms with Crippen LogP contribution in [0.5, 0.6) is 0 Å². The van der Waals surface area contributed by atoms with Crippen molar-refractivity contribution in [3.8, 4) is 0 Å². The minimum Gasteiger partial charge on any atom is -0.480 e. The van der Waals surface area contributed by atoms with Crippen molar-refractivity contribution in [2.75, 3.05) is 11.9 Å². The van der Waals surface area contributed by atoms with Gasteiger partial charge in [-0.05, 0) is 25.1 Å². The summed E-state index contributed by atoms with van der Waals surface area (Å²) in [7, 11) is 1.69. The van der Waals surface area contributed by atoms with Crippen molar-refractivity contribution in [3.05, 3.63) is 28.2 Å². The zero-order valence-corrected chi connectivity index (χ0v) is 9.88. The van der Waals surface area contributed by atoms with Crippen molar-refractivity contribution < 1.29 is 9.90 Å². The maximum Gasteiger partial charge on any atom is 0.326 e. The molecule has 0 saturated heterocycles. The molecule has 0 aliphatic rings. The smallest absolute Gasteiger partial charge is 0.326 e. The minimum atomic E-state index is -0.886. The Morgan fingerprint density at radius 3 is 2.47 bits per heavy atom. The van der Waals surface area contributed by atoms with Gasteiger partial charge in [-0.1, -0.05) is 23.2 Å². The van der Waals surface area contributed by atoms with Crippen molar-refractivity contribution in [3.63, 3.8) is 0 Å². The molecule has 0 aliphatic heterocycles. The van der Waals surface area contributed by atoms with Crippen LogP contribution in [0.15, 0.2) is 18.2 Å². The Balaban J connectivity index is 2.96. The summed E-state index contributed by atoms with van der Waals surface area (Å²) in [4.78, 5) is 12.4. The van der Waals surface area contributed by atoms with Gasteiger partial charge in [-0.25, -0.2) is 4.79 Å². The third-order valence-corrected chi connectivity index (χ3v) is 2.99. The quantitative estimate of drug-likeness (QED) is 0.893. The molecule has 0 spiro atoms. The summed E-state index contributed by atoms with van der Waals surface area (Å²) in [6.45, 7) is 1.60. The Morgan fingerprint density at radius 2 is 2.00 bits per heavy atom. The van der Waals surface area contributed by atoms with Gasteiger partial charge < -0.3 is 10.0 Å². The van der Waals surface area contributed by atoms with Crippen LogP contribution in [0.4, 0.5) is 5.69 Å². The van der Waals surface area contributed by atoms with E-state index in [1.54, 1.807) is 37.1 Å². The lowest BCUT2D eigenvalue weighted by Crippen LogP contribution is -2.35. The summed E-state index contributed by atoms with van der Waals surface area (Å²) in [5.74, 6) is -0.886. The third kappa shape index (κ3) is 2.76. The first-order chi connectivity index (χ1) is 6.93. The number of carboxylic acid groups (broad SMARTS) is 1. The fourth-order valence-corrected chi connectivity index (χ4v) is 1.39. The van der Waals surface area contributed by atoms with Gasteiger partial charge in [0, 0.05) is 12.7 Å². The lowest BCUT2D eigenvalue weighted by atomic mass is 10.2. The molecule has 0 aromatic heterocycles. The fraction of sp³-hybridized carbons (Fsp3) is 0.300. The summed E-state index contributed by atoms with van der Waals surface area (Å²) in [5.41, 5.74) is 0.722. The SMILES string of the molecule is C[C@@H](C(=O)O)N(C)c1ccc(Cl)c(Cl)c1. The highest BCUT2D eigenvalue weighted by Gasteiger charge is 2.17. The van der Waals surface area contributed by atoms with Crippen LogP contribution in [-0.2, 0) is 4.79 Å². The molecule has 0 bridgehead atoms. The summed E-state index contributed by atoms with van der Waals surface area (Å²) < 4.78 is 0. The number of aliphatic carboxylic acids is 1. The van der Waals surface area contributed by atoms with Gasteiger partial charge in [-0.15, -0.1) is 0 Å². The lowest BCUT2D eigenvalue weighted by Gasteiger charge is -2.23. The number of likely N-dealkylation sites (N-methyl/N-ethyl adjacent to an activating group) is 1. The molecule has 3 nitrogen and oxygen atoms in total. The molecule has 0 amide bonds. The van der Waals surface area contributed by atoms with Crippen LogP contribution >= 0.6 is 23.2 Å². The highest BCUT2D eigenvalue weighted by Crippen LogP contribution is 2.27. The molecule has 1 rings (SSSR count). The number of anilines is 1. The maximum atomic E-state index is 10.8. The number of halogens is 2. The van der Waals surface area contributed by atoms with Crippen LogP contribution in [0.2, 0.25) is 10.0 Å². The Morgan fingerprint density at radius 1 is 1.40 bits per heavy atom. The molecule has 0 saturated carbocycles. The second-order valence-corrected chi connectivity index (χ2v) is 4.04. The molecule has 0 fully saturated rings. The molecule has 15 heavy (non-hydrogen) atoms. The van der Waals surface area contributed by atoms with Crippen LogP contribution in [-0.4, -0.2) is 24.2 Å². The summed E-state index contributed by atoms with van der Waals surface area (Å²) in [5, 5.41) is 9.71. The number of carboxylic acids is 1. The number of rotatable bonds is 3. The van der Waals surface area contributed by atoms with Gasteiger partial charge in [-0.2, -0.15) is 0 Å². The predicted octanol–water partition coefficient (Wildman–Crippen LogP) is 2.90. The first-order valence-electron chi connectivity index (χ1n) is 4.34. The second kappa shape index (κ2) is 4.73. The van der Waals surface area contributed by atoms with E-state index in [1.165, 1.54) is 0 Å². The Bertz CT molecular complexity index is 382. The Labute approximate surface area is 98.2 Å². The van der Waals surface area contributed by atoms with Crippen molar-refractivity contribution >= 4 is 34.9 Å². The molecule has 0 radical (unpaired) electrons. The van der Waals surface area contributed by atoms with E-state index in [4.69, 9.17) is 28.3 Å². The topological polar surface area (TPSA) is 40.5 Å². The largest absolute Gasteiger partial charge is 0.480 e. The highest BCUT2D eigenvalue weighted by atomic mass is 35.5. The number of hydrogen-bond acceptors (Lipinski definition) is 2. The van der Waals surface area contributed by atoms with Gasteiger partial charge in [0.1, 0.15) is 6.04 Å². The van der Waals surface area contributed by atoms with Gasteiger partial charge in [0.15, 0.2) is 0 Å². The fourth-order valence-electron chi connectivity index (χ4n) is 1.09. The highest BCUT2D eigenvalue weighted by molar-refractivity contribution is 6.42. The monoisotopic (exact) mass is 247 g/mol. The van der Waals surface area contributed by atoms with Crippen molar-refractivity contribution in [2.24, 2.45) is 0 Å². The van der Waals surface area contributed by atoms with Crippen LogP contribution in [0.1, 0.15) is 6.92 Å². The van der Waals surface area contributed by atoms with Gasteiger partial charge in [-0.3, -0.25) is 0 Å². The zero-order valence-electron chi connectivity index (χ0n) is 8.37. The maximum absolute atomic E-state index is 10.8. The van der Waals surface area contributed by atoms with Crippen molar-refractivity contribution in [1.29, 1.82) is 0 Å². The van der Waals surface area contributed by atoms with E-state index < -0.39 is 12.0 Å². The summed E-state index contributed by atoms with van der Waals surface area (Å²) >= 11 is 11.6. The molecule has 0 heterocycles. The van der Waals surface area contributed by atoms with Gasteiger partial charge in [0.25, 0.3) is 0 Å². The molecule has 1 aromatic carbocycles. The van der Waals surface area contributed by atoms with Gasteiger partial charge in [0.2, 0.25) is 0 Å². The molecule has 82 valence electrons. The Kier molecular flexibility index (Phi) is 3.83. The first-order valence-corrected chi connectivity index (χ1v) is 5.09. The molecule has 1 aromatic rings. The van der Waals surface area contributed by atoms with Crippen LogP contribution in [0.3, 0.4) is 0 Å². The van der Waals surface area contributed by atoms with Gasteiger partial charge in [0.05, 0.1) is 10.0 Å². The standard InChI is InChI=1S/C10H11Cl2NO2/c1-6(10(14)15)13(2)7-3-4-8(11)9(12)5-7/h3-6H,1-2H3,(H,14,15)/t6-/m0/s1. The molecule has 0 aliphatic carbocycles. The normalized spacial score (nSPS) is 12.3. The lowest BCUT2D eigenvalue weighted by molar-refractivity contribution is -0.138. The molecule has 1 N–H and O–H groups in total. The number of hydrogen-bond donors (Lipinski definition) is 1. The van der Waals surface area contributed by atoms with Crippen LogP contribution < -0.4 is 4.90 Å². The van der Waals surface area contributed by atoms with E-state index in [0.29, 0.717) is 10.0 Å². The summed E-state index contributed by atoms with van der Waals surface area (Å²) in [6.07, 6.45) is 0.